The van der Waals surface area contributed by atoms with Gasteiger partial charge in [-0.3, -0.25) is 4.68 Å². The zero-order valence-electron chi connectivity index (χ0n) is 12.1. The number of aryl methyl sites for hydroxylation is 2. The van der Waals surface area contributed by atoms with Gasteiger partial charge >= 0.3 is 0 Å². The number of aromatic nitrogens is 3. The Morgan fingerprint density at radius 3 is 2.75 bits per heavy atom. The van der Waals surface area contributed by atoms with E-state index in [1.54, 1.807) is 7.11 Å². The zero-order chi connectivity index (χ0) is 14.1. The second kappa shape index (κ2) is 5.04. The van der Waals surface area contributed by atoms with Crippen molar-refractivity contribution in [3.63, 3.8) is 0 Å². The number of rotatable bonds is 4. The minimum Gasteiger partial charge on any atom is -0.497 e. The highest BCUT2D eigenvalue weighted by atomic mass is 16.5. The molecule has 4 heteroatoms. The largest absolute Gasteiger partial charge is 0.497 e. The highest BCUT2D eigenvalue weighted by molar-refractivity contribution is 5.81. The monoisotopic (exact) mass is 269 g/mol. The molecule has 0 unspecified atom stereocenters. The van der Waals surface area contributed by atoms with Crippen LogP contribution >= 0.6 is 0 Å². The first-order valence-corrected chi connectivity index (χ1v) is 6.86. The molecule has 20 heavy (non-hydrogen) atoms. The van der Waals surface area contributed by atoms with Gasteiger partial charge in [-0.25, -0.2) is 0 Å². The molecule has 0 fully saturated rings. The molecule has 4 nitrogen and oxygen atoms in total. The maximum atomic E-state index is 5.26. The zero-order valence-corrected chi connectivity index (χ0v) is 12.1. The number of nitrogens with zero attached hydrogens (tertiary/aromatic N) is 3. The Morgan fingerprint density at radius 2 is 2.05 bits per heavy atom. The van der Waals surface area contributed by atoms with Crippen LogP contribution in [0.3, 0.4) is 0 Å². The highest BCUT2D eigenvalue weighted by Gasteiger charge is 2.07. The maximum absolute atomic E-state index is 5.26. The van der Waals surface area contributed by atoms with Crippen LogP contribution in [0.4, 0.5) is 0 Å². The summed E-state index contributed by atoms with van der Waals surface area (Å²) < 4.78 is 9.47. The molecule has 1 aromatic carbocycles. The second-order valence-corrected chi connectivity index (χ2v) is 4.97. The minimum absolute atomic E-state index is 0.833. The lowest BCUT2D eigenvalue weighted by Gasteiger charge is -2.06. The molecule has 0 amide bonds. The van der Waals surface area contributed by atoms with E-state index in [4.69, 9.17) is 4.74 Å². The van der Waals surface area contributed by atoms with Crippen molar-refractivity contribution in [1.82, 2.24) is 14.3 Å². The van der Waals surface area contributed by atoms with Crippen molar-refractivity contribution in [2.75, 3.05) is 7.11 Å². The molecule has 0 saturated heterocycles. The van der Waals surface area contributed by atoms with Crippen LogP contribution < -0.4 is 4.74 Å². The van der Waals surface area contributed by atoms with E-state index in [1.165, 1.54) is 16.6 Å². The molecule has 2 heterocycles. The number of hydrogen-bond acceptors (Lipinski definition) is 2. The van der Waals surface area contributed by atoms with Crippen LogP contribution in [0.5, 0.6) is 5.75 Å². The molecular weight excluding hydrogens is 250 g/mol. The molecule has 0 aliphatic rings. The molecule has 3 rings (SSSR count). The first-order valence-electron chi connectivity index (χ1n) is 6.86. The van der Waals surface area contributed by atoms with Gasteiger partial charge in [-0.1, -0.05) is 6.92 Å². The number of ether oxygens (including phenoxy) is 1. The van der Waals surface area contributed by atoms with Crippen LogP contribution in [-0.2, 0) is 20.0 Å². The van der Waals surface area contributed by atoms with Gasteiger partial charge in [0.15, 0.2) is 0 Å². The predicted molar refractivity (Wildman–Crippen MR) is 80.2 cm³/mol. The Kier molecular flexibility index (Phi) is 3.22. The van der Waals surface area contributed by atoms with Crippen molar-refractivity contribution in [3.05, 3.63) is 47.9 Å². The van der Waals surface area contributed by atoms with Crippen LogP contribution in [0, 0.1) is 0 Å². The summed E-state index contributed by atoms with van der Waals surface area (Å²) in [5, 5.41) is 5.70. The van der Waals surface area contributed by atoms with Crippen LogP contribution in [0.1, 0.15) is 18.3 Å². The SMILES string of the molecule is CCc1cc(Cn2ccc3cc(OC)ccc32)n(C)n1. The molecule has 0 atom stereocenters. The van der Waals surface area contributed by atoms with Crippen LogP contribution in [0.2, 0.25) is 0 Å². The normalized spacial score (nSPS) is 11.2. The third-order valence-electron chi connectivity index (χ3n) is 3.70. The second-order valence-electron chi connectivity index (χ2n) is 4.97. The summed E-state index contributed by atoms with van der Waals surface area (Å²) >= 11 is 0. The number of fused-ring (bicyclic) bond motifs is 1. The third kappa shape index (κ3) is 2.18. The quantitative estimate of drug-likeness (QED) is 0.729. The summed E-state index contributed by atoms with van der Waals surface area (Å²) in [5.74, 6) is 0.893. The average molecular weight is 269 g/mol. The fraction of sp³-hybridized carbons (Fsp3) is 0.312. The van der Waals surface area contributed by atoms with E-state index in [9.17, 15) is 0 Å². The van der Waals surface area contributed by atoms with Gasteiger partial charge in [0.1, 0.15) is 5.75 Å². The van der Waals surface area contributed by atoms with E-state index in [1.807, 2.05) is 17.8 Å². The lowest BCUT2D eigenvalue weighted by Crippen LogP contribution is -2.04. The molecule has 104 valence electrons. The standard InChI is InChI=1S/C16H19N3O/c1-4-13-10-14(18(2)17-13)11-19-8-7-12-9-15(20-3)5-6-16(12)19/h5-10H,4,11H2,1-3H3. The minimum atomic E-state index is 0.833. The molecule has 0 radical (unpaired) electrons. The van der Waals surface area contributed by atoms with Gasteiger partial charge in [-0.2, -0.15) is 5.10 Å². The van der Waals surface area contributed by atoms with E-state index in [0.29, 0.717) is 0 Å². The van der Waals surface area contributed by atoms with Gasteiger partial charge in [-0.15, -0.1) is 0 Å². The number of benzene rings is 1. The Balaban J connectivity index is 1.96. The number of hydrogen-bond donors (Lipinski definition) is 0. The van der Waals surface area contributed by atoms with Crippen LogP contribution in [0.25, 0.3) is 10.9 Å². The van der Waals surface area contributed by atoms with Gasteiger partial charge in [0.25, 0.3) is 0 Å². The van der Waals surface area contributed by atoms with E-state index >= 15 is 0 Å². The molecule has 0 aliphatic carbocycles. The number of methoxy groups -OCH3 is 1. The van der Waals surface area contributed by atoms with Gasteiger partial charge in [-0.05, 0) is 36.8 Å². The first-order chi connectivity index (χ1) is 9.71. The first kappa shape index (κ1) is 12.8. The van der Waals surface area contributed by atoms with Gasteiger partial charge in [0.2, 0.25) is 0 Å². The van der Waals surface area contributed by atoms with E-state index < -0.39 is 0 Å². The predicted octanol–water partition coefficient (Wildman–Crippen LogP) is 2.99. The Morgan fingerprint density at radius 1 is 1.20 bits per heavy atom. The third-order valence-corrected chi connectivity index (χ3v) is 3.70. The maximum Gasteiger partial charge on any atom is 0.119 e. The summed E-state index contributed by atoms with van der Waals surface area (Å²) in [6, 6.07) is 10.5. The van der Waals surface area contributed by atoms with Gasteiger partial charge in [0, 0.05) is 24.1 Å². The Hall–Kier alpha value is -2.23. The molecule has 0 bridgehead atoms. The van der Waals surface area contributed by atoms with Crippen molar-refractivity contribution in [1.29, 1.82) is 0 Å². The smallest absolute Gasteiger partial charge is 0.119 e. The molecule has 0 N–H and O–H groups in total. The fourth-order valence-corrected chi connectivity index (χ4v) is 2.51. The van der Waals surface area contributed by atoms with Crippen LogP contribution in [0.15, 0.2) is 36.5 Å². The van der Waals surface area contributed by atoms with Crippen molar-refractivity contribution in [2.24, 2.45) is 7.05 Å². The van der Waals surface area contributed by atoms with Crippen molar-refractivity contribution in [2.45, 2.75) is 19.9 Å². The highest BCUT2D eigenvalue weighted by Crippen LogP contribution is 2.22. The molecule has 0 spiro atoms. The molecule has 2 aromatic heterocycles. The van der Waals surface area contributed by atoms with E-state index in [-0.39, 0.29) is 0 Å². The molecular formula is C16H19N3O. The van der Waals surface area contributed by atoms with Crippen molar-refractivity contribution >= 4 is 10.9 Å². The molecule has 0 saturated carbocycles. The lowest BCUT2D eigenvalue weighted by atomic mass is 10.2. The summed E-state index contributed by atoms with van der Waals surface area (Å²) in [7, 11) is 3.70. The fourth-order valence-electron chi connectivity index (χ4n) is 2.51. The summed E-state index contributed by atoms with van der Waals surface area (Å²) in [4.78, 5) is 0. The summed E-state index contributed by atoms with van der Waals surface area (Å²) in [5.41, 5.74) is 3.57. The van der Waals surface area contributed by atoms with Gasteiger partial charge < -0.3 is 9.30 Å². The Bertz CT molecular complexity index is 739. The van der Waals surface area contributed by atoms with Crippen LogP contribution in [-0.4, -0.2) is 21.5 Å². The van der Waals surface area contributed by atoms with Crippen molar-refractivity contribution < 1.29 is 4.74 Å². The average Bonchev–Trinajstić information content (AvgIpc) is 3.03. The van der Waals surface area contributed by atoms with Gasteiger partial charge in [0.05, 0.1) is 25.0 Å². The summed E-state index contributed by atoms with van der Waals surface area (Å²) in [6.45, 7) is 2.96. The lowest BCUT2D eigenvalue weighted by molar-refractivity contribution is 0.415. The van der Waals surface area contributed by atoms with E-state index in [2.05, 4.69) is 47.1 Å². The Labute approximate surface area is 118 Å². The summed E-state index contributed by atoms with van der Waals surface area (Å²) in [6.07, 6.45) is 3.08. The molecule has 0 aliphatic heterocycles. The van der Waals surface area contributed by atoms with E-state index in [0.717, 1.165) is 24.4 Å². The topological polar surface area (TPSA) is 32.0 Å². The molecule has 3 aromatic rings. The van der Waals surface area contributed by atoms with Crippen molar-refractivity contribution in [3.8, 4) is 5.75 Å².